The summed E-state index contributed by atoms with van der Waals surface area (Å²) in [5, 5.41) is 1.03. The maximum atomic E-state index is 13.4. The Hall–Kier alpha value is -1.31. The molecule has 146 valence electrons. The zero-order chi connectivity index (χ0) is 19.8. The van der Waals surface area contributed by atoms with Crippen LogP contribution in [0.25, 0.3) is 10.8 Å². The summed E-state index contributed by atoms with van der Waals surface area (Å²) in [7, 11) is -0.690. The van der Waals surface area contributed by atoms with Gasteiger partial charge in [0, 0.05) is 23.2 Å². The summed E-state index contributed by atoms with van der Waals surface area (Å²) >= 11 is 6.05. The van der Waals surface area contributed by atoms with Gasteiger partial charge in [0.15, 0.2) is 0 Å². The molecule has 2 aromatic heterocycles. The standard InChI is InChI=1S/C19H24BClF2N2O2/c1-5-18(6-2)19(7-3,8-4)27-20(26-18)14-11-25-16(17(22)23)13-10-24-15(21)9-12(13)14/h9-11,17H,5-8H2,1-4H3. The molecule has 0 amide bonds. The Morgan fingerprint density at radius 2 is 1.52 bits per heavy atom. The van der Waals surface area contributed by atoms with Crippen LogP contribution in [0, 0.1) is 0 Å². The second-order valence-electron chi connectivity index (χ2n) is 6.92. The Bertz CT molecular complexity index is 809. The molecule has 0 bridgehead atoms. The number of halogens is 3. The van der Waals surface area contributed by atoms with E-state index in [1.54, 1.807) is 6.07 Å². The number of aromatic nitrogens is 2. The minimum atomic E-state index is -2.70. The highest BCUT2D eigenvalue weighted by Gasteiger charge is 2.58. The summed E-state index contributed by atoms with van der Waals surface area (Å²) in [5.74, 6) is 0. The molecule has 0 atom stereocenters. The predicted molar refractivity (Wildman–Crippen MR) is 104 cm³/mol. The number of fused-ring (bicyclic) bond motifs is 1. The van der Waals surface area contributed by atoms with E-state index in [2.05, 4.69) is 37.7 Å². The molecule has 0 aromatic carbocycles. The zero-order valence-corrected chi connectivity index (χ0v) is 16.8. The monoisotopic (exact) mass is 396 g/mol. The van der Waals surface area contributed by atoms with Crippen molar-refractivity contribution >= 4 is 35.0 Å². The van der Waals surface area contributed by atoms with Crippen LogP contribution < -0.4 is 5.46 Å². The second-order valence-corrected chi connectivity index (χ2v) is 7.31. The summed E-state index contributed by atoms with van der Waals surface area (Å²) in [6.45, 7) is 8.36. The number of rotatable bonds is 6. The van der Waals surface area contributed by atoms with Gasteiger partial charge in [-0.25, -0.2) is 13.8 Å². The first-order chi connectivity index (χ1) is 12.9. The van der Waals surface area contributed by atoms with Crippen LogP contribution in [0.1, 0.15) is 65.5 Å². The average molecular weight is 397 g/mol. The van der Waals surface area contributed by atoms with Crippen molar-refractivity contribution in [1.82, 2.24) is 9.97 Å². The Labute approximate surface area is 163 Å². The minimum absolute atomic E-state index is 0.225. The molecule has 0 unspecified atom stereocenters. The normalized spacial score (nSPS) is 18.6. The third-order valence-electron chi connectivity index (χ3n) is 6.04. The van der Waals surface area contributed by atoms with Gasteiger partial charge in [-0.15, -0.1) is 0 Å². The van der Waals surface area contributed by atoms with E-state index < -0.39 is 24.7 Å². The summed E-state index contributed by atoms with van der Waals surface area (Å²) in [6, 6.07) is 1.57. The lowest BCUT2D eigenvalue weighted by molar-refractivity contribution is -0.0601. The molecular formula is C19H24BClF2N2O2. The van der Waals surface area contributed by atoms with Gasteiger partial charge in [0.25, 0.3) is 6.43 Å². The van der Waals surface area contributed by atoms with Gasteiger partial charge < -0.3 is 9.31 Å². The van der Waals surface area contributed by atoms with Gasteiger partial charge in [-0.2, -0.15) is 0 Å². The number of hydrogen-bond donors (Lipinski definition) is 0. The van der Waals surface area contributed by atoms with Crippen molar-refractivity contribution in [2.24, 2.45) is 0 Å². The fraction of sp³-hybridized carbons (Fsp3) is 0.579. The Kier molecular flexibility index (Phi) is 5.76. The molecule has 0 N–H and O–H groups in total. The maximum Gasteiger partial charge on any atom is 0.497 e. The van der Waals surface area contributed by atoms with Crippen LogP contribution in [0.15, 0.2) is 18.5 Å². The lowest BCUT2D eigenvalue weighted by Crippen LogP contribution is -2.50. The second kappa shape index (κ2) is 7.61. The lowest BCUT2D eigenvalue weighted by Gasteiger charge is -2.42. The molecule has 3 rings (SSSR count). The molecule has 27 heavy (non-hydrogen) atoms. The van der Waals surface area contributed by atoms with Crippen molar-refractivity contribution in [2.75, 3.05) is 0 Å². The van der Waals surface area contributed by atoms with Crippen LogP contribution in [-0.2, 0) is 9.31 Å². The highest BCUT2D eigenvalue weighted by atomic mass is 35.5. The van der Waals surface area contributed by atoms with Crippen LogP contribution in [0.4, 0.5) is 8.78 Å². The predicted octanol–water partition coefficient (Wildman–Crippen LogP) is 5.08. The van der Waals surface area contributed by atoms with Crippen LogP contribution in [0.3, 0.4) is 0 Å². The molecular weight excluding hydrogens is 372 g/mol. The van der Waals surface area contributed by atoms with E-state index in [1.807, 2.05) is 0 Å². The molecule has 8 heteroatoms. The van der Waals surface area contributed by atoms with Crippen LogP contribution >= 0.6 is 11.6 Å². The molecule has 1 aliphatic rings. The maximum absolute atomic E-state index is 13.4. The van der Waals surface area contributed by atoms with Crippen LogP contribution in [0.2, 0.25) is 5.15 Å². The number of nitrogens with zero attached hydrogens (tertiary/aromatic N) is 2. The van der Waals surface area contributed by atoms with Gasteiger partial charge in [-0.1, -0.05) is 39.3 Å². The highest BCUT2D eigenvalue weighted by molar-refractivity contribution is 6.65. The zero-order valence-electron chi connectivity index (χ0n) is 16.1. The largest absolute Gasteiger partial charge is 0.497 e. The van der Waals surface area contributed by atoms with Gasteiger partial charge >= 0.3 is 7.12 Å². The topological polar surface area (TPSA) is 44.2 Å². The molecule has 1 fully saturated rings. The van der Waals surface area contributed by atoms with Crippen molar-refractivity contribution in [3.63, 3.8) is 0 Å². The Balaban J connectivity index is 2.16. The number of pyridine rings is 2. The molecule has 1 saturated heterocycles. The van der Waals surface area contributed by atoms with E-state index in [4.69, 9.17) is 20.9 Å². The SMILES string of the molecule is CCC1(CC)OB(c2cnc(C(F)F)c3cnc(Cl)cc23)OC1(CC)CC. The molecule has 0 radical (unpaired) electrons. The third-order valence-corrected chi connectivity index (χ3v) is 6.25. The first-order valence-electron chi connectivity index (χ1n) is 9.44. The van der Waals surface area contributed by atoms with Crippen molar-refractivity contribution in [1.29, 1.82) is 0 Å². The molecule has 0 aliphatic carbocycles. The van der Waals surface area contributed by atoms with Crippen LogP contribution in [0.5, 0.6) is 0 Å². The van der Waals surface area contributed by atoms with Gasteiger partial charge in [0.05, 0.1) is 11.2 Å². The fourth-order valence-corrected chi connectivity index (χ4v) is 4.57. The van der Waals surface area contributed by atoms with Crippen LogP contribution in [-0.4, -0.2) is 28.3 Å². The summed E-state index contributed by atoms with van der Waals surface area (Å²) in [5.41, 5.74) is -0.587. The molecule has 3 heterocycles. The van der Waals surface area contributed by atoms with E-state index in [9.17, 15) is 8.78 Å². The van der Waals surface area contributed by atoms with E-state index in [0.717, 1.165) is 25.7 Å². The summed E-state index contributed by atoms with van der Waals surface area (Å²) in [6.07, 6.45) is 3.24. The first kappa shape index (κ1) is 20.4. The van der Waals surface area contributed by atoms with Gasteiger partial charge in [-0.3, -0.25) is 4.98 Å². The van der Waals surface area contributed by atoms with Gasteiger partial charge in [-0.05, 0) is 37.1 Å². The molecule has 4 nitrogen and oxygen atoms in total. The van der Waals surface area contributed by atoms with E-state index in [1.165, 1.54) is 12.4 Å². The average Bonchev–Trinajstić information content (AvgIpc) is 3.02. The summed E-state index contributed by atoms with van der Waals surface area (Å²) in [4.78, 5) is 7.94. The molecule has 0 saturated carbocycles. The Morgan fingerprint density at radius 1 is 0.963 bits per heavy atom. The van der Waals surface area contributed by atoms with Crippen molar-refractivity contribution in [2.45, 2.75) is 71.0 Å². The molecule has 1 aliphatic heterocycles. The first-order valence-corrected chi connectivity index (χ1v) is 9.82. The highest BCUT2D eigenvalue weighted by Crippen LogP contribution is 2.47. The number of alkyl halides is 2. The molecule has 0 spiro atoms. The minimum Gasteiger partial charge on any atom is -0.399 e. The third kappa shape index (κ3) is 3.14. The summed E-state index contributed by atoms with van der Waals surface area (Å²) < 4.78 is 39.7. The van der Waals surface area contributed by atoms with E-state index in [-0.39, 0.29) is 16.2 Å². The van der Waals surface area contributed by atoms with Crippen molar-refractivity contribution in [3.8, 4) is 0 Å². The van der Waals surface area contributed by atoms with Crippen molar-refractivity contribution < 1.29 is 18.1 Å². The number of hydrogen-bond acceptors (Lipinski definition) is 4. The fourth-order valence-electron chi connectivity index (χ4n) is 4.41. The van der Waals surface area contributed by atoms with E-state index in [0.29, 0.717) is 10.8 Å². The quantitative estimate of drug-likeness (QED) is 0.504. The van der Waals surface area contributed by atoms with E-state index >= 15 is 0 Å². The van der Waals surface area contributed by atoms with Crippen molar-refractivity contribution in [3.05, 3.63) is 29.3 Å². The lowest BCUT2D eigenvalue weighted by atomic mass is 9.75. The van der Waals surface area contributed by atoms with Gasteiger partial charge in [0.1, 0.15) is 10.8 Å². The Morgan fingerprint density at radius 3 is 2.00 bits per heavy atom. The van der Waals surface area contributed by atoms with Gasteiger partial charge in [0.2, 0.25) is 0 Å². The molecule has 2 aromatic rings. The smallest absolute Gasteiger partial charge is 0.399 e.